The van der Waals surface area contributed by atoms with Crippen LogP contribution in [0.25, 0.3) is 21.5 Å². The second-order valence-electron chi connectivity index (χ2n) is 5.05. The molecule has 0 radical (unpaired) electrons. The van der Waals surface area contributed by atoms with Crippen molar-refractivity contribution >= 4 is 21.5 Å². The predicted octanol–water partition coefficient (Wildman–Crippen LogP) is 4.55. The maximum absolute atomic E-state index is 5.81. The van der Waals surface area contributed by atoms with Crippen LogP contribution in [0.2, 0.25) is 0 Å². The van der Waals surface area contributed by atoms with Gasteiger partial charge >= 0.3 is 0 Å². The first-order valence-electron chi connectivity index (χ1n) is 7.45. The van der Waals surface area contributed by atoms with E-state index in [4.69, 9.17) is 9.47 Å². The van der Waals surface area contributed by atoms with Crippen molar-refractivity contribution in [3.05, 3.63) is 60.2 Å². The van der Waals surface area contributed by atoms with E-state index < -0.39 is 0 Å². The fraction of sp³-hybridized carbons (Fsp3) is 0.263. The smallest absolute Gasteiger partial charge is 0.0730 e. The van der Waals surface area contributed by atoms with Gasteiger partial charge in [0.05, 0.1) is 19.8 Å². The molecule has 0 heterocycles. The molecule has 21 heavy (non-hydrogen) atoms. The van der Waals surface area contributed by atoms with Crippen molar-refractivity contribution in [3.63, 3.8) is 0 Å². The van der Waals surface area contributed by atoms with E-state index in [1.165, 1.54) is 27.1 Å². The van der Waals surface area contributed by atoms with E-state index in [-0.39, 0.29) is 0 Å². The monoisotopic (exact) mass is 280 g/mol. The molecule has 0 saturated carbocycles. The van der Waals surface area contributed by atoms with Crippen LogP contribution in [0, 0.1) is 0 Å². The van der Waals surface area contributed by atoms with Gasteiger partial charge in [0.15, 0.2) is 0 Å². The molecule has 0 aliphatic rings. The van der Waals surface area contributed by atoms with E-state index in [1.807, 2.05) is 6.92 Å². The van der Waals surface area contributed by atoms with Crippen LogP contribution < -0.4 is 0 Å². The Morgan fingerprint density at radius 1 is 0.762 bits per heavy atom. The summed E-state index contributed by atoms with van der Waals surface area (Å²) in [7, 11) is 0. The Bertz CT molecular complexity index is 680. The average molecular weight is 280 g/mol. The van der Waals surface area contributed by atoms with Gasteiger partial charge in [-0.15, -0.1) is 0 Å². The van der Waals surface area contributed by atoms with E-state index in [0.717, 1.165) is 6.61 Å². The Kier molecular flexibility index (Phi) is 4.49. The quantitative estimate of drug-likeness (QED) is 0.487. The molecular weight excluding hydrogens is 260 g/mol. The van der Waals surface area contributed by atoms with E-state index in [0.29, 0.717) is 19.8 Å². The van der Waals surface area contributed by atoms with Gasteiger partial charge in [-0.2, -0.15) is 0 Å². The second-order valence-corrected chi connectivity index (χ2v) is 5.05. The Morgan fingerprint density at radius 3 is 1.95 bits per heavy atom. The summed E-state index contributed by atoms with van der Waals surface area (Å²) in [4.78, 5) is 0. The molecule has 0 fully saturated rings. The SMILES string of the molecule is CCOCCOCc1c2ccccc2cc2ccccc12. The molecule has 0 aliphatic heterocycles. The van der Waals surface area contributed by atoms with Gasteiger partial charge in [0.1, 0.15) is 0 Å². The molecule has 0 atom stereocenters. The van der Waals surface area contributed by atoms with Crippen molar-refractivity contribution in [1.29, 1.82) is 0 Å². The van der Waals surface area contributed by atoms with Crippen molar-refractivity contribution < 1.29 is 9.47 Å². The molecule has 108 valence electrons. The number of ether oxygens (including phenoxy) is 2. The topological polar surface area (TPSA) is 18.5 Å². The van der Waals surface area contributed by atoms with Gasteiger partial charge in [-0.3, -0.25) is 0 Å². The molecule has 0 saturated heterocycles. The van der Waals surface area contributed by atoms with Crippen molar-refractivity contribution in [1.82, 2.24) is 0 Å². The largest absolute Gasteiger partial charge is 0.379 e. The summed E-state index contributed by atoms with van der Waals surface area (Å²) in [5.74, 6) is 0. The minimum Gasteiger partial charge on any atom is -0.379 e. The second kappa shape index (κ2) is 6.70. The Morgan fingerprint density at radius 2 is 1.33 bits per heavy atom. The Labute approximate surface area is 125 Å². The van der Waals surface area contributed by atoms with Crippen LogP contribution in [-0.2, 0) is 16.1 Å². The molecule has 3 aromatic rings. The summed E-state index contributed by atoms with van der Waals surface area (Å²) in [6.45, 7) is 4.64. The van der Waals surface area contributed by atoms with Gasteiger partial charge in [-0.25, -0.2) is 0 Å². The first kappa shape index (κ1) is 14.1. The highest BCUT2D eigenvalue weighted by atomic mass is 16.5. The molecular formula is C19H20O2. The Hall–Kier alpha value is -1.90. The predicted molar refractivity (Wildman–Crippen MR) is 87.6 cm³/mol. The standard InChI is InChI=1S/C19H20O2/c1-2-20-11-12-21-14-19-17-9-5-3-7-15(17)13-16-8-4-6-10-18(16)19/h3-10,13H,2,11-12,14H2,1H3. The summed E-state index contributed by atoms with van der Waals surface area (Å²) in [5, 5.41) is 5.07. The van der Waals surface area contributed by atoms with E-state index in [9.17, 15) is 0 Å². The summed E-state index contributed by atoms with van der Waals surface area (Å²) in [6.07, 6.45) is 0. The lowest BCUT2D eigenvalue weighted by Crippen LogP contribution is -2.04. The van der Waals surface area contributed by atoms with Gasteiger partial charge in [0.25, 0.3) is 0 Å². The maximum Gasteiger partial charge on any atom is 0.0730 e. The number of hydrogen-bond acceptors (Lipinski definition) is 2. The fourth-order valence-electron chi connectivity index (χ4n) is 2.70. The molecule has 0 N–H and O–H groups in total. The zero-order valence-corrected chi connectivity index (χ0v) is 12.3. The fourth-order valence-corrected chi connectivity index (χ4v) is 2.70. The maximum atomic E-state index is 5.81. The third-order valence-electron chi connectivity index (χ3n) is 3.71. The molecule has 0 unspecified atom stereocenters. The number of benzene rings is 3. The first-order valence-corrected chi connectivity index (χ1v) is 7.45. The average Bonchev–Trinajstić information content (AvgIpc) is 2.53. The summed E-state index contributed by atoms with van der Waals surface area (Å²) in [6, 6.07) is 19.2. The molecule has 3 aromatic carbocycles. The molecule has 2 heteroatoms. The lowest BCUT2D eigenvalue weighted by molar-refractivity contribution is 0.0460. The lowest BCUT2D eigenvalue weighted by atomic mass is 9.97. The van der Waals surface area contributed by atoms with Crippen LogP contribution in [0.4, 0.5) is 0 Å². The normalized spacial score (nSPS) is 11.3. The molecule has 3 rings (SSSR count). The van der Waals surface area contributed by atoms with Gasteiger partial charge in [-0.05, 0) is 40.1 Å². The number of fused-ring (bicyclic) bond motifs is 2. The number of rotatable bonds is 6. The highest BCUT2D eigenvalue weighted by molar-refractivity contribution is 6.02. The van der Waals surface area contributed by atoms with Gasteiger partial charge in [-0.1, -0.05) is 48.5 Å². The van der Waals surface area contributed by atoms with Gasteiger partial charge in [0.2, 0.25) is 0 Å². The van der Waals surface area contributed by atoms with Gasteiger partial charge in [0, 0.05) is 6.61 Å². The van der Waals surface area contributed by atoms with Crippen LogP contribution in [0.5, 0.6) is 0 Å². The molecule has 0 aromatic heterocycles. The molecule has 0 aliphatic carbocycles. The minimum absolute atomic E-state index is 0.620. The van der Waals surface area contributed by atoms with E-state index >= 15 is 0 Å². The first-order chi connectivity index (χ1) is 10.4. The molecule has 0 bridgehead atoms. The highest BCUT2D eigenvalue weighted by Crippen LogP contribution is 2.28. The van der Waals surface area contributed by atoms with Crippen molar-refractivity contribution in [2.24, 2.45) is 0 Å². The van der Waals surface area contributed by atoms with Gasteiger partial charge < -0.3 is 9.47 Å². The summed E-state index contributed by atoms with van der Waals surface area (Å²) < 4.78 is 11.1. The van der Waals surface area contributed by atoms with Crippen LogP contribution in [0.3, 0.4) is 0 Å². The third kappa shape index (κ3) is 3.07. The highest BCUT2D eigenvalue weighted by Gasteiger charge is 2.07. The third-order valence-corrected chi connectivity index (χ3v) is 3.71. The van der Waals surface area contributed by atoms with Crippen LogP contribution in [-0.4, -0.2) is 19.8 Å². The van der Waals surface area contributed by atoms with Crippen LogP contribution in [0.15, 0.2) is 54.6 Å². The molecule has 2 nitrogen and oxygen atoms in total. The Balaban J connectivity index is 1.96. The van der Waals surface area contributed by atoms with Crippen molar-refractivity contribution in [2.45, 2.75) is 13.5 Å². The molecule has 0 spiro atoms. The molecule has 0 amide bonds. The summed E-state index contributed by atoms with van der Waals surface area (Å²) in [5.41, 5.74) is 1.26. The summed E-state index contributed by atoms with van der Waals surface area (Å²) >= 11 is 0. The van der Waals surface area contributed by atoms with Crippen molar-refractivity contribution in [2.75, 3.05) is 19.8 Å². The van der Waals surface area contributed by atoms with E-state index in [1.54, 1.807) is 0 Å². The van der Waals surface area contributed by atoms with Crippen LogP contribution >= 0.6 is 0 Å². The lowest BCUT2D eigenvalue weighted by Gasteiger charge is -2.12. The van der Waals surface area contributed by atoms with Crippen molar-refractivity contribution in [3.8, 4) is 0 Å². The van der Waals surface area contributed by atoms with Crippen LogP contribution in [0.1, 0.15) is 12.5 Å². The van der Waals surface area contributed by atoms with E-state index in [2.05, 4.69) is 54.6 Å². The minimum atomic E-state index is 0.620. The zero-order valence-electron chi connectivity index (χ0n) is 12.3. The zero-order chi connectivity index (χ0) is 14.5. The number of hydrogen-bond donors (Lipinski definition) is 0.